The number of primary amides is 2. The Morgan fingerprint density at radius 3 is 2.22 bits per heavy atom. The number of benzene rings is 1. The first-order valence-corrected chi connectivity index (χ1v) is 20.0. The van der Waals surface area contributed by atoms with Crippen molar-refractivity contribution in [2.75, 3.05) is 57.5 Å². The molecule has 2 saturated heterocycles. The summed E-state index contributed by atoms with van der Waals surface area (Å²) in [6.07, 6.45) is 6.05. The summed E-state index contributed by atoms with van der Waals surface area (Å²) in [6.45, 7) is 16.5. The maximum atomic E-state index is 13.1. The van der Waals surface area contributed by atoms with Crippen LogP contribution in [0.5, 0.6) is 0 Å². The second kappa shape index (κ2) is 18.3. The number of imidazole rings is 2. The summed E-state index contributed by atoms with van der Waals surface area (Å²) >= 11 is 0. The summed E-state index contributed by atoms with van der Waals surface area (Å²) < 4.78 is 15.6. The van der Waals surface area contributed by atoms with E-state index in [1.807, 2.05) is 51.7 Å². The highest BCUT2D eigenvalue weighted by molar-refractivity contribution is 6.03. The lowest BCUT2D eigenvalue weighted by molar-refractivity contribution is 0.0274. The van der Waals surface area contributed by atoms with E-state index in [1.165, 1.54) is 12.3 Å². The fourth-order valence-electron chi connectivity index (χ4n) is 7.58. The third kappa shape index (κ3) is 10.1. The standard InChI is InChI=1S/C26H27N11O3.C15H28N2O3/c1-3-37-20(10-14(2)34-37)24(40)33-26-32-18-12-16(22(28)39)13-30-23(18)36(26)9-5-4-8-35-19-7-6-15(21(27)38)11-17(19)31-25(35)29;1-15(2,3)20-14(18)17-10-12-8-16(6-5-7-19-4)9-13(12)11-17/h4-7,10-13H,3,8-9H2,1-2H3,(H2,27,38)(H2,28,39)(H2,29,31)(H,32,33,40);12-13H,5-11H2,1-4H3/b5-4+;. The van der Waals surface area contributed by atoms with Crippen LogP contribution < -0.4 is 22.5 Å². The number of methoxy groups -OCH3 is 1. The lowest BCUT2D eigenvalue weighted by Gasteiger charge is -2.26. The minimum Gasteiger partial charge on any atom is -0.444 e. The molecule has 0 aliphatic carbocycles. The maximum Gasteiger partial charge on any atom is 0.410 e. The number of carbonyl (C=O) groups is 4. The van der Waals surface area contributed by atoms with Gasteiger partial charge in [-0.25, -0.2) is 19.7 Å². The number of nitrogen functional groups attached to an aromatic ring is 1. The molecule has 0 bridgehead atoms. The van der Waals surface area contributed by atoms with Gasteiger partial charge in [0.05, 0.1) is 22.3 Å². The number of allylic oxidation sites excluding steroid dienone is 2. The highest BCUT2D eigenvalue weighted by atomic mass is 16.6. The van der Waals surface area contributed by atoms with Gasteiger partial charge in [0, 0.05) is 77.8 Å². The van der Waals surface area contributed by atoms with Gasteiger partial charge in [0.15, 0.2) is 5.65 Å². The topological polar surface area (TPSA) is 250 Å². The number of aromatic nitrogens is 7. The summed E-state index contributed by atoms with van der Waals surface area (Å²) in [7, 11) is 1.75. The second-order valence-electron chi connectivity index (χ2n) is 16.0. The molecule has 0 spiro atoms. The van der Waals surface area contributed by atoms with E-state index >= 15 is 0 Å². The molecule has 6 heterocycles. The number of amides is 4. The molecule has 2 aliphatic heterocycles. The molecule has 2 fully saturated rings. The summed E-state index contributed by atoms with van der Waals surface area (Å²) in [5.74, 6) is 0.194. The number of nitrogens with zero attached hydrogens (tertiary/aromatic N) is 9. The molecular formula is C41H55N13O6. The number of ether oxygens (including phenoxy) is 2. The summed E-state index contributed by atoms with van der Waals surface area (Å²) in [5, 5.41) is 7.17. The quantitative estimate of drug-likeness (QED) is 0.0985. The van der Waals surface area contributed by atoms with E-state index in [1.54, 1.807) is 45.2 Å². The third-order valence-electron chi connectivity index (χ3n) is 10.4. The van der Waals surface area contributed by atoms with E-state index in [4.69, 9.17) is 26.7 Å². The van der Waals surface area contributed by atoms with Gasteiger partial charge >= 0.3 is 6.09 Å². The largest absolute Gasteiger partial charge is 0.444 e. The molecule has 2 aliphatic rings. The number of nitrogens with two attached hydrogens (primary N) is 3. The van der Waals surface area contributed by atoms with Crippen molar-refractivity contribution in [1.82, 2.24) is 43.7 Å². The Morgan fingerprint density at radius 1 is 0.917 bits per heavy atom. The Kier molecular flexibility index (Phi) is 13.2. The van der Waals surface area contributed by atoms with E-state index in [0.717, 1.165) is 51.3 Å². The molecule has 0 radical (unpaired) electrons. The predicted octanol–water partition coefficient (Wildman–Crippen LogP) is 3.42. The van der Waals surface area contributed by atoms with Crippen molar-refractivity contribution >= 4 is 57.9 Å². The van der Waals surface area contributed by atoms with Crippen molar-refractivity contribution in [3.63, 3.8) is 0 Å². The van der Waals surface area contributed by atoms with Crippen LogP contribution in [-0.4, -0.2) is 120 Å². The van der Waals surface area contributed by atoms with Crippen molar-refractivity contribution in [3.05, 3.63) is 71.2 Å². The molecule has 320 valence electrons. The summed E-state index contributed by atoms with van der Waals surface area (Å²) in [5.41, 5.74) is 20.3. The Labute approximate surface area is 347 Å². The Bertz CT molecular complexity index is 2390. The zero-order valence-corrected chi connectivity index (χ0v) is 35.1. The number of anilines is 2. The molecule has 5 aromatic rings. The van der Waals surface area contributed by atoms with Crippen LogP contribution >= 0.6 is 0 Å². The molecular weight excluding hydrogens is 771 g/mol. The lowest BCUT2D eigenvalue weighted by Crippen LogP contribution is -2.37. The third-order valence-corrected chi connectivity index (χ3v) is 10.4. The SMILES string of the molecule is CCn1nc(C)cc1C(=O)Nc1nc2cc(C(N)=O)cnc2n1C/C=C/Cn1c(N)nc2cc(C(N)=O)ccc21.COCCCN1CC2CN(C(=O)OC(C)(C)C)CC2C1. The van der Waals surface area contributed by atoms with Crippen LogP contribution in [0.1, 0.15) is 71.0 Å². The summed E-state index contributed by atoms with van der Waals surface area (Å²) in [6, 6.07) is 8.18. The molecule has 60 heavy (non-hydrogen) atoms. The molecule has 4 aromatic heterocycles. The van der Waals surface area contributed by atoms with Gasteiger partial charge in [-0.2, -0.15) is 5.10 Å². The fourth-order valence-corrected chi connectivity index (χ4v) is 7.58. The fraction of sp³-hybridized carbons (Fsp3) is 0.463. The molecule has 19 nitrogen and oxygen atoms in total. The maximum absolute atomic E-state index is 13.1. The van der Waals surface area contributed by atoms with Gasteiger partial charge in [0.25, 0.3) is 5.91 Å². The average molecular weight is 826 g/mol. The minimum atomic E-state index is -0.634. The number of hydrogen-bond donors (Lipinski definition) is 4. The van der Waals surface area contributed by atoms with Crippen LogP contribution in [0.3, 0.4) is 0 Å². The van der Waals surface area contributed by atoms with E-state index in [9.17, 15) is 19.2 Å². The highest BCUT2D eigenvalue weighted by Gasteiger charge is 2.42. The predicted molar refractivity (Wildman–Crippen MR) is 226 cm³/mol. The van der Waals surface area contributed by atoms with Gasteiger partial charge in [-0.1, -0.05) is 12.2 Å². The molecule has 0 saturated carbocycles. The van der Waals surface area contributed by atoms with Crippen LogP contribution in [-0.2, 0) is 29.1 Å². The number of nitrogens with one attached hydrogen (secondary N) is 1. The first kappa shape index (κ1) is 43.2. The minimum absolute atomic E-state index is 0.155. The number of pyridine rings is 1. The number of aryl methyl sites for hydroxylation is 2. The smallest absolute Gasteiger partial charge is 0.410 e. The molecule has 4 amide bonds. The van der Waals surface area contributed by atoms with Crippen molar-refractivity contribution in [1.29, 1.82) is 0 Å². The van der Waals surface area contributed by atoms with Gasteiger partial charge in [-0.15, -0.1) is 0 Å². The van der Waals surface area contributed by atoms with Gasteiger partial charge in [-0.05, 0) is 83.2 Å². The average Bonchev–Trinajstić information content (AvgIpc) is 4.00. The molecule has 7 N–H and O–H groups in total. The van der Waals surface area contributed by atoms with Crippen molar-refractivity contribution in [3.8, 4) is 0 Å². The Hall–Kier alpha value is -6.34. The van der Waals surface area contributed by atoms with E-state index in [2.05, 4.69) is 30.3 Å². The van der Waals surface area contributed by atoms with Crippen LogP contribution in [0.2, 0.25) is 0 Å². The van der Waals surface area contributed by atoms with Crippen LogP contribution in [0, 0.1) is 18.8 Å². The number of hydrogen-bond acceptors (Lipinski definition) is 12. The van der Waals surface area contributed by atoms with Crippen LogP contribution in [0.4, 0.5) is 16.7 Å². The molecule has 19 heteroatoms. The first-order chi connectivity index (χ1) is 28.5. The van der Waals surface area contributed by atoms with E-state index < -0.39 is 17.4 Å². The van der Waals surface area contributed by atoms with E-state index in [-0.39, 0.29) is 29.5 Å². The number of carbonyl (C=O) groups excluding carboxylic acids is 4. The van der Waals surface area contributed by atoms with Gasteiger partial charge in [0.2, 0.25) is 23.7 Å². The molecule has 2 atom stereocenters. The number of likely N-dealkylation sites (tertiary alicyclic amines) is 2. The first-order valence-electron chi connectivity index (χ1n) is 20.0. The van der Waals surface area contributed by atoms with Crippen molar-refractivity contribution in [2.24, 2.45) is 23.3 Å². The summed E-state index contributed by atoms with van der Waals surface area (Å²) in [4.78, 5) is 66.0. The number of fused-ring (bicyclic) bond motifs is 3. The van der Waals surface area contributed by atoms with Crippen LogP contribution in [0.15, 0.2) is 48.7 Å². The van der Waals surface area contributed by atoms with Gasteiger partial charge in [0.1, 0.15) is 16.8 Å². The normalized spacial score (nSPS) is 16.7. The zero-order chi connectivity index (χ0) is 43.3. The van der Waals surface area contributed by atoms with Crippen LogP contribution in [0.25, 0.3) is 22.2 Å². The van der Waals surface area contributed by atoms with E-state index in [0.29, 0.717) is 65.1 Å². The number of rotatable bonds is 13. The Balaban J connectivity index is 0.000000253. The molecule has 1 aromatic carbocycles. The second-order valence-corrected chi connectivity index (χ2v) is 16.0. The molecule has 2 unspecified atom stereocenters. The monoisotopic (exact) mass is 825 g/mol. The van der Waals surface area contributed by atoms with Gasteiger partial charge in [-0.3, -0.25) is 28.9 Å². The van der Waals surface area contributed by atoms with Crippen molar-refractivity contribution in [2.45, 2.75) is 66.3 Å². The lowest BCUT2D eigenvalue weighted by atomic mass is 10.0. The van der Waals surface area contributed by atoms with Gasteiger partial charge < -0.3 is 41.0 Å². The van der Waals surface area contributed by atoms with Crippen molar-refractivity contribution < 1.29 is 28.7 Å². The zero-order valence-electron chi connectivity index (χ0n) is 35.1. The Morgan fingerprint density at radius 2 is 1.58 bits per heavy atom. The highest BCUT2D eigenvalue weighted by Crippen LogP contribution is 2.32. The molecule has 7 rings (SSSR count).